The molecular formula is C15H14ClNOS. The lowest BCUT2D eigenvalue weighted by atomic mass is 10.2. The Morgan fingerprint density at radius 1 is 1.21 bits per heavy atom. The first-order valence-corrected chi connectivity index (χ1v) is 7.23. The van der Waals surface area contributed by atoms with Crippen molar-refractivity contribution in [3.8, 4) is 0 Å². The fraction of sp³-hybridized carbons (Fsp3) is 0.133. The molecule has 98 valence electrons. The van der Waals surface area contributed by atoms with Crippen molar-refractivity contribution in [2.45, 2.75) is 11.8 Å². The zero-order valence-corrected chi connectivity index (χ0v) is 12.1. The molecule has 1 amide bonds. The highest BCUT2D eigenvalue weighted by atomic mass is 35.5. The summed E-state index contributed by atoms with van der Waals surface area (Å²) >= 11 is 7.57. The number of halogens is 1. The van der Waals surface area contributed by atoms with Gasteiger partial charge in [-0.05, 0) is 36.8 Å². The van der Waals surface area contributed by atoms with Crippen LogP contribution in [0.1, 0.15) is 5.56 Å². The second kappa shape index (κ2) is 6.64. The maximum atomic E-state index is 11.2. The Hall–Kier alpha value is -1.45. The summed E-state index contributed by atoms with van der Waals surface area (Å²) in [7, 11) is 0. The molecule has 2 nitrogen and oxygen atoms in total. The maximum absolute atomic E-state index is 11.2. The largest absolute Gasteiger partial charge is 0.305 e. The summed E-state index contributed by atoms with van der Waals surface area (Å²) in [4.78, 5) is 14.0. The Morgan fingerprint density at radius 2 is 2.00 bits per heavy atom. The Labute approximate surface area is 122 Å². The summed E-state index contributed by atoms with van der Waals surface area (Å²) in [5.74, 6) is 0.564. The number of benzene rings is 2. The molecule has 2 rings (SSSR count). The monoisotopic (exact) mass is 291 g/mol. The topological polar surface area (TPSA) is 20.3 Å². The molecule has 0 aromatic heterocycles. The van der Waals surface area contributed by atoms with Gasteiger partial charge in [-0.1, -0.05) is 35.9 Å². The molecule has 0 aliphatic rings. The fourth-order valence-corrected chi connectivity index (χ4v) is 2.82. The minimum atomic E-state index is 0.564. The van der Waals surface area contributed by atoms with E-state index in [-0.39, 0.29) is 0 Å². The summed E-state index contributed by atoms with van der Waals surface area (Å²) in [5.41, 5.74) is 2.02. The zero-order chi connectivity index (χ0) is 13.7. The number of thioether (sulfide) groups is 1. The molecular weight excluding hydrogens is 278 g/mol. The number of hydrogen-bond donors (Lipinski definition) is 0. The van der Waals surface area contributed by atoms with E-state index < -0.39 is 0 Å². The van der Waals surface area contributed by atoms with Crippen LogP contribution in [0.4, 0.5) is 5.69 Å². The molecule has 0 unspecified atom stereocenters. The van der Waals surface area contributed by atoms with Gasteiger partial charge in [0.2, 0.25) is 6.41 Å². The molecule has 0 aliphatic carbocycles. The Balaban J connectivity index is 2.08. The number of aryl methyl sites for hydroxylation is 1. The standard InChI is InChI=1S/C15H14ClNOS/c1-12-5-2-3-8-15(12)19-11-17(10-18)14-7-4-6-13(16)9-14/h2-10H,11H2,1H3. The SMILES string of the molecule is Cc1ccccc1SCN(C=O)c1cccc(Cl)c1. The summed E-state index contributed by atoms with van der Waals surface area (Å²) in [6.45, 7) is 2.06. The third-order valence-electron chi connectivity index (χ3n) is 2.72. The Bertz CT molecular complexity index is 574. The minimum absolute atomic E-state index is 0.564. The van der Waals surface area contributed by atoms with Gasteiger partial charge in [-0.25, -0.2) is 0 Å². The minimum Gasteiger partial charge on any atom is -0.305 e. The molecule has 4 heteroatoms. The Kier molecular flexibility index (Phi) is 4.88. The number of rotatable bonds is 5. The summed E-state index contributed by atoms with van der Waals surface area (Å²) in [6, 6.07) is 15.4. The van der Waals surface area contributed by atoms with Gasteiger partial charge in [-0.3, -0.25) is 4.79 Å². The molecule has 2 aromatic carbocycles. The van der Waals surface area contributed by atoms with E-state index in [0.29, 0.717) is 10.9 Å². The highest BCUT2D eigenvalue weighted by molar-refractivity contribution is 7.99. The van der Waals surface area contributed by atoms with Crippen molar-refractivity contribution in [1.82, 2.24) is 0 Å². The summed E-state index contributed by atoms with van der Waals surface area (Å²) in [5, 5.41) is 0.630. The zero-order valence-electron chi connectivity index (χ0n) is 10.5. The normalized spacial score (nSPS) is 10.2. The van der Waals surface area contributed by atoms with Crippen LogP contribution in [-0.2, 0) is 4.79 Å². The second-order valence-corrected chi connectivity index (χ2v) is 5.52. The molecule has 0 saturated carbocycles. The Morgan fingerprint density at radius 3 is 2.68 bits per heavy atom. The van der Waals surface area contributed by atoms with Crippen molar-refractivity contribution in [3.63, 3.8) is 0 Å². The van der Waals surface area contributed by atoms with E-state index in [1.165, 1.54) is 10.5 Å². The quantitative estimate of drug-likeness (QED) is 0.463. The van der Waals surface area contributed by atoms with Crippen LogP contribution in [0.5, 0.6) is 0 Å². The van der Waals surface area contributed by atoms with Gasteiger partial charge in [-0.15, -0.1) is 11.8 Å². The number of amides is 1. The first-order valence-electron chi connectivity index (χ1n) is 5.86. The predicted molar refractivity (Wildman–Crippen MR) is 81.9 cm³/mol. The number of anilines is 1. The van der Waals surface area contributed by atoms with E-state index in [4.69, 9.17) is 11.6 Å². The van der Waals surface area contributed by atoms with Crippen molar-refractivity contribution < 1.29 is 4.79 Å². The molecule has 0 saturated heterocycles. The van der Waals surface area contributed by atoms with Gasteiger partial charge in [0.25, 0.3) is 0 Å². The van der Waals surface area contributed by atoms with Crippen LogP contribution in [-0.4, -0.2) is 12.3 Å². The van der Waals surface area contributed by atoms with Crippen molar-refractivity contribution in [3.05, 3.63) is 59.1 Å². The van der Waals surface area contributed by atoms with Crippen molar-refractivity contribution in [2.75, 3.05) is 10.8 Å². The highest BCUT2D eigenvalue weighted by Gasteiger charge is 2.07. The molecule has 19 heavy (non-hydrogen) atoms. The van der Waals surface area contributed by atoms with E-state index in [1.807, 2.05) is 24.3 Å². The molecule has 0 spiro atoms. The summed E-state index contributed by atoms with van der Waals surface area (Å²) < 4.78 is 0. The smallest absolute Gasteiger partial charge is 0.214 e. The lowest BCUT2D eigenvalue weighted by Gasteiger charge is -2.17. The fourth-order valence-electron chi connectivity index (χ4n) is 1.68. The molecule has 2 aromatic rings. The molecule has 0 heterocycles. The number of nitrogens with zero attached hydrogens (tertiary/aromatic N) is 1. The molecule has 0 aliphatic heterocycles. The van der Waals surface area contributed by atoms with Gasteiger partial charge < -0.3 is 4.90 Å². The highest BCUT2D eigenvalue weighted by Crippen LogP contribution is 2.25. The summed E-state index contributed by atoms with van der Waals surface area (Å²) in [6.07, 6.45) is 0.830. The second-order valence-electron chi connectivity index (χ2n) is 4.09. The third kappa shape index (κ3) is 3.75. The third-order valence-corrected chi connectivity index (χ3v) is 4.13. The lowest BCUT2D eigenvalue weighted by molar-refractivity contribution is -0.107. The predicted octanol–water partition coefficient (Wildman–Crippen LogP) is 4.36. The maximum Gasteiger partial charge on any atom is 0.214 e. The van der Waals surface area contributed by atoms with E-state index >= 15 is 0 Å². The van der Waals surface area contributed by atoms with Crippen LogP contribution >= 0.6 is 23.4 Å². The average Bonchev–Trinajstić information content (AvgIpc) is 2.41. The van der Waals surface area contributed by atoms with Crippen molar-refractivity contribution >= 4 is 35.5 Å². The van der Waals surface area contributed by atoms with E-state index in [0.717, 1.165) is 12.1 Å². The molecule has 0 atom stereocenters. The lowest BCUT2D eigenvalue weighted by Crippen LogP contribution is -2.20. The van der Waals surface area contributed by atoms with Gasteiger partial charge in [-0.2, -0.15) is 0 Å². The van der Waals surface area contributed by atoms with Crippen LogP contribution in [0.3, 0.4) is 0 Å². The van der Waals surface area contributed by atoms with E-state index in [2.05, 4.69) is 19.1 Å². The van der Waals surface area contributed by atoms with Gasteiger partial charge in [0.1, 0.15) is 0 Å². The first kappa shape index (κ1) is 14.0. The van der Waals surface area contributed by atoms with Crippen LogP contribution in [0, 0.1) is 6.92 Å². The molecule has 0 radical (unpaired) electrons. The molecule has 0 bridgehead atoms. The van der Waals surface area contributed by atoms with E-state index in [1.54, 1.807) is 28.8 Å². The van der Waals surface area contributed by atoms with E-state index in [9.17, 15) is 4.79 Å². The number of carbonyl (C=O) groups is 1. The van der Waals surface area contributed by atoms with Crippen LogP contribution in [0.25, 0.3) is 0 Å². The van der Waals surface area contributed by atoms with Gasteiger partial charge in [0, 0.05) is 15.6 Å². The van der Waals surface area contributed by atoms with Crippen LogP contribution in [0.2, 0.25) is 5.02 Å². The van der Waals surface area contributed by atoms with Gasteiger partial charge in [0.05, 0.1) is 5.88 Å². The molecule has 0 N–H and O–H groups in total. The van der Waals surface area contributed by atoms with Gasteiger partial charge >= 0.3 is 0 Å². The van der Waals surface area contributed by atoms with Crippen LogP contribution in [0.15, 0.2) is 53.4 Å². The van der Waals surface area contributed by atoms with Gasteiger partial charge in [0.15, 0.2) is 0 Å². The van der Waals surface area contributed by atoms with Crippen LogP contribution < -0.4 is 4.90 Å². The van der Waals surface area contributed by atoms with Crippen molar-refractivity contribution in [2.24, 2.45) is 0 Å². The molecule has 0 fully saturated rings. The number of hydrogen-bond acceptors (Lipinski definition) is 2. The average molecular weight is 292 g/mol. The number of carbonyl (C=O) groups excluding carboxylic acids is 1. The van der Waals surface area contributed by atoms with Crippen molar-refractivity contribution in [1.29, 1.82) is 0 Å². The first-order chi connectivity index (χ1) is 9.20.